The van der Waals surface area contributed by atoms with Gasteiger partial charge in [0.1, 0.15) is 5.60 Å². The van der Waals surface area contributed by atoms with Crippen molar-refractivity contribution in [3.63, 3.8) is 0 Å². The number of likely N-dealkylation sites (tertiary alicyclic amines) is 1. The quantitative estimate of drug-likeness (QED) is 0.753. The molecule has 0 N–H and O–H groups in total. The molecule has 0 saturated carbocycles. The first-order valence-electron chi connectivity index (χ1n) is 9.60. The first kappa shape index (κ1) is 19.7. The number of rotatable bonds is 5. The highest BCUT2D eigenvalue weighted by atomic mass is 32.1. The summed E-state index contributed by atoms with van der Waals surface area (Å²) in [7, 11) is 0. The van der Waals surface area contributed by atoms with E-state index in [1.165, 1.54) is 5.56 Å². The van der Waals surface area contributed by atoms with Crippen molar-refractivity contribution in [2.24, 2.45) is 0 Å². The minimum absolute atomic E-state index is 0.203. The number of hydrogen-bond acceptors (Lipinski definition) is 5. The van der Waals surface area contributed by atoms with Gasteiger partial charge in [0, 0.05) is 37.3 Å². The first-order valence-corrected chi connectivity index (χ1v) is 10.5. The molecule has 0 aliphatic carbocycles. The van der Waals surface area contributed by atoms with Gasteiger partial charge in [0.25, 0.3) is 0 Å². The third-order valence-corrected chi connectivity index (χ3v) is 5.51. The average molecular weight is 388 g/mol. The number of hydrogen-bond donors (Lipinski definition) is 0. The van der Waals surface area contributed by atoms with E-state index in [2.05, 4.69) is 40.2 Å². The molecule has 27 heavy (non-hydrogen) atoms. The van der Waals surface area contributed by atoms with Gasteiger partial charge in [0.05, 0.1) is 0 Å². The van der Waals surface area contributed by atoms with Crippen molar-refractivity contribution in [3.8, 4) is 0 Å². The van der Waals surface area contributed by atoms with Crippen LogP contribution in [0.5, 0.6) is 0 Å². The molecule has 1 aliphatic heterocycles. The average Bonchev–Trinajstić information content (AvgIpc) is 3.16. The second-order valence-corrected chi connectivity index (χ2v) is 8.82. The van der Waals surface area contributed by atoms with E-state index in [4.69, 9.17) is 4.74 Å². The molecule has 5 nitrogen and oxygen atoms in total. The number of carbonyl (C=O) groups excluding carboxylic acids is 1. The summed E-state index contributed by atoms with van der Waals surface area (Å²) in [5.74, 6) is 0. The van der Waals surface area contributed by atoms with Crippen LogP contribution in [0.3, 0.4) is 0 Å². The van der Waals surface area contributed by atoms with Crippen LogP contribution in [0.2, 0.25) is 0 Å². The van der Waals surface area contributed by atoms with Crippen LogP contribution in [0, 0.1) is 0 Å². The Hall–Kier alpha value is -2.08. The van der Waals surface area contributed by atoms with Crippen molar-refractivity contribution in [2.75, 3.05) is 24.5 Å². The predicted molar refractivity (Wildman–Crippen MR) is 110 cm³/mol. The molecule has 0 radical (unpaired) electrons. The lowest BCUT2D eigenvalue weighted by Gasteiger charge is -2.39. The summed E-state index contributed by atoms with van der Waals surface area (Å²) in [6.45, 7) is 8.12. The van der Waals surface area contributed by atoms with Gasteiger partial charge in [-0.2, -0.15) is 0 Å². The lowest BCUT2D eigenvalue weighted by molar-refractivity contribution is 0.0204. The van der Waals surface area contributed by atoms with Crippen LogP contribution in [0.25, 0.3) is 0 Å². The molecule has 1 saturated heterocycles. The van der Waals surface area contributed by atoms with Gasteiger partial charge in [-0.3, -0.25) is 0 Å². The fraction of sp³-hybridized carbons (Fsp3) is 0.524. The van der Waals surface area contributed by atoms with Gasteiger partial charge in [-0.25, -0.2) is 9.78 Å². The number of ether oxygens (including phenoxy) is 1. The van der Waals surface area contributed by atoms with Gasteiger partial charge in [0.2, 0.25) is 0 Å². The third kappa shape index (κ3) is 5.70. The molecule has 1 amide bonds. The van der Waals surface area contributed by atoms with Crippen molar-refractivity contribution in [1.82, 2.24) is 9.88 Å². The second kappa shape index (κ2) is 8.74. The van der Waals surface area contributed by atoms with Crippen molar-refractivity contribution in [3.05, 3.63) is 47.5 Å². The van der Waals surface area contributed by atoms with Crippen molar-refractivity contribution < 1.29 is 9.53 Å². The zero-order chi connectivity index (χ0) is 19.3. The lowest BCUT2D eigenvalue weighted by Crippen LogP contribution is -2.48. The SMILES string of the molecule is CC(C)(C)OC(=O)N1CCC(N(CCc2ccccc2)c2nccs2)CC1. The van der Waals surface area contributed by atoms with Crippen molar-refractivity contribution in [1.29, 1.82) is 0 Å². The van der Waals surface area contributed by atoms with Crippen LogP contribution in [0.15, 0.2) is 41.9 Å². The Bertz CT molecular complexity index is 705. The normalized spacial score (nSPS) is 15.6. The summed E-state index contributed by atoms with van der Waals surface area (Å²) in [4.78, 5) is 21.1. The van der Waals surface area contributed by atoms with Crippen molar-refractivity contribution >= 4 is 22.6 Å². The van der Waals surface area contributed by atoms with Crippen LogP contribution in [-0.2, 0) is 11.2 Å². The van der Waals surface area contributed by atoms with Gasteiger partial charge in [-0.1, -0.05) is 30.3 Å². The van der Waals surface area contributed by atoms with E-state index in [1.807, 2.05) is 37.2 Å². The molecule has 0 unspecified atom stereocenters. The second-order valence-electron chi connectivity index (χ2n) is 7.94. The summed E-state index contributed by atoms with van der Waals surface area (Å²) in [5, 5.41) is 3.10. The molecule has 2 aromatic rings. The number of thiazole rings is 1. The summed E-state index contributed by atoms with van der Waals surface area (Å²) in [6, 6.07) is 11.0. The molecule has 1 fully saturated rings. The van der Waals surface area contributed by atoms with Gasteiger partial charge >= 0.3 is 6.09 Å². The van der Waals surface area contributed by atoms with Gasteiger partial charge in [-0.05, 0) is 45.6 Å². The third-order valence-electron chi connectivity index (χ3n) is 4.71. The van der Waals surface area contributed by atoms with Crippen LogP contribution < -0.4 is 4.90 Å². The summed E-state index contributed by atoms with van der Waals surface area (Å²) < 4.78 is 5.51. The minimum Gasteiger partial charge on any atom is -0.444 e. The fourth-order valence-corrected chi connectivity index (χ4v) is 4.11. The smallest absolute Gasteiger partial charge is 0.410 e. The van der Waals surface area contributed by atoms with E-state index < -0.39 is 5.60 Å². The van der Waals surface area contributed by atoms with E-state index in [9.17, 15) is 4.79 Å². The molecule has 3 rings (SSSR count). The van der Waals surface area contributed by atoms with E-state index in [-0.39, 0.29) is 6.09 Å². The molecule has 0 spiro atoms. The Labute approximate surface area is 166 Å². The summed E-state index contributed by atoms with van der Waals surface area (Å²) in [5.41, 5.74) is 0.890. The van der Waals surface area contributed by atoms with Crippen LogP contribution >= 0.6 is 11.3 Å². The van der Waals surface area contributed by atoms with E-state index in [1.54, 1.807) is 11.3 Å². The highest BCUT2D eigenvalue weighted by Gasteiger charge is 2.30. The highest BCUT2D eigenvalue weighted by Crippen LogP contribution is 2.26. The highest BCUT2D eigenvalue weighted by molar-refractivity contribution is 7.13. The van der Waals surface area contributed by atoms with E-state index in [0.717, 1.165) is 44.0 Å². The first-order chi connectivity index (χ1) is 12.9. The van der Waals surface area contributed by atoms with Gasteiger partial charge in [0.15, 0.2) is 5.13 Å². The summed E-state index contributed by atoms with van der Waals surface area (Å²) >= 11 is 1.68. The number of anilines is 1. The van der Waals surface area contributed by atoms with Crippen LogP contribution in [0.1, 0.15) is 39.2 Å². The van der Waals surface area contributed by atoms with Crippen LogP contribution in [0.4, 0.5) is 9.93 Å². The number of amides is 1. The van der Waals surface area contributed by atoms with Crippen molar-refractivity contribution in [2.45, 2.75) is 51.7 Å². The van der Waals surface area contributed by atoms with Gasteiger partial charge < -0.3 is 14.5 Å². The molecule has 0 bridgehead atoms. The molecular formula is C21H29N3O2S. The molecule has 1 aromatic carbocycles. The molecule has 146 valence electrons. The maximum atomic E-state index is 12.3. The van der Waals surface area contributed by atoms with Crippen LogP contribution in [-0.4, -0.2) is 47.3 Å². The number of carbonyl (C=O) groups is 1. The number of benzene rings is 1. The van der Waals surface area contributed by atoms with E-state index >= 15 is 0 Å². The Kier molecular flexibility index (Phi) is 6.37. The fourth-order valence-electron chi connectivity index (χ4n) is 3.37. The topological polar surface area (TPSA) is 45.7 Å². The zero-order valence-corrected chi connectivity index (χ0v) is 17.2. The minimum atomic E-state index is -0.448. The Balaban J connectivity index is 1.60. The maximum absolute atomic E-state index is 12.3. The molecule has 1 aromatic heterocycles. The molecule has 2 heterocycles. The van der Waals surface area contributed by atoms with Gasteiger partial charge in [-0.15, -0.1) is 11.3 Å². The predicted octanol–water partition coefficient (Wildman–Crippen LogP) is 4.59. The lowest BCUT2D eigenvalue weighted by atomic mass is 10.0. The molecule has 6 heteroatoms. The molecule has 0 atom stereocenters. The Morgan fingerprint density at radius 2 is 1.96 bits per heavy atom. The number of piperidine rings is 1. The number of aromatic nitrogens is 1. The maximum Gasteiger partial charge on any atom is 0.410 e. The zero-order valence-electron chi connectivity index (χ0n) is 16.4. The van der Waals surface area contributed by atoms with E-state index in [0.29, 0.717) is 6.04 Å². The Morgan fingerprint density at radius 3 is 2.56 bits per heavy atom. The standard InChI is InChI=1S/C21H29N3O2S/c1-21(2,3)26-20(25)23-13-10-18(11-14-23)24(19-22-12-16-27-19)15-9-17-7-5-4-6-8-17/h4-8,12,16,18H,9-11,13-15H2,1-3H3. The largest absolute Gasteiger partial charge is 0.444 e. The molecular weight excluding hydrogens is 358 g/mol. The summed E-state index contributed by atoms with van der Waals surface area (Å²) in [6.07, 6.45) is 4.53. The molecule has 1 aliphatic rings. The Morgan fingerprint density at radius 1 is 1.26 bits per heavy atom. The number of nitrogens with zero attached hydrogens (tertiary/aromatic N) is 3. The monoisotopic (exact) mass is 387 g/mol.